The van der Waals surface area contributed by atoms with Crippen LogP contribution in [0.1, 0.15) is 84.2 Å². The van der Waals surface area contributed by atoms with Crippen molar-refractivity contribution in [3.8, 4) is 0 Å². The van der Waals surface area contributed by atoms with E-state index in [1.54, 1.807) is 0 Å². The van der Waals surface area contributed by atoms with Crippen molar-refractivity contribution in [1.29, 1.82) is 0 Å². The average molecular weight is 411 g/mol. The number of H-pyrrole nitrogens is 2. The maximum absolute atomic E-state index is 11.2. The molecule has 0 aliphatic heterocycles. The van der Waals surface area contributed by atoms with Crippen molar-refractivity contribution in [1.82, 2.24) is 10.3 Å². The Bertz CT molecular complexity index is 786. The first-order chi connectivity index (χ1) is 13.5. The second kappa shape index (κ2) is 9.63. The normalized spacial score (nSPS) is 14.8. The fourth-order valence-corrected chi connectivity index (χ4v) is 3.41. The zero-order chi connectivity index (χ0) is 21.7. The maximum atomic E-state index is 11.2. The van der Waals surface area contributed by atoms with Crippen LogP contribution in [0.4, 0.5) is 0 Å². The summed E-state index contributed by atoms with van der Waals surface area (Å²) >= 11 is 0. The highest BCUT2D eigenvalue weighted by Crippen LogP contribution is 2.30. The highest BCUT2D eigenvalue weighted by atomic mass is 16.5. The number of aliphatic hydroxyl groups excluding tert-OH is 2. The lowest BCUT2D eigenvalue weighted by Gasteiger charge is -2.24. The molecule has 4 N–H and O–H groups in total. The zero-order valence-corrected chi connectivity index (χ0v) is 17.8. The Labute approximate surface area is 170 Å². The van der Waals surface area contributed by atoms with Crippen molar-refractivity contribution < 1.29 is 19.3 Å². The quantitative estimate of drug-likeness (QED) is 0.425. The van der Waals surface area contributed by atoms with Gasteiger partial charge in [-0.3, -0.25) is 9.59 Å². The molecule has 0 saturated carbocycles. The lowest BCUT2D eigenvalue weighted by Crippen LogP contribution is -2.21. The smallest absolute Gasteiger partial charge is 0.280 e. The summed E-state index contributed by atoms with van der Waals surface area (Å²) in [6.07, 6.45) is 3.59. The van der Waals surface area contributed by atoms with E-state index in [0.717, 1.165) is 6.42 Å². The predicted molar refractivity (Wildman–Crippen MR) is 109 cm³/mol. The fourth-order valence-electron chi connectivity index (χ4n) is 3.41. The van der Waals surface area contributed by atoms with Crippen molar-refractivity contribution in [3.63, 3.8) is 0 Å². The highest BCUT2D eigenvalue weighted by Gasteiger charge is 2.27. The summed E-state index contributed by atoms with van der Waals surface area (Å²) in [6.45, 7) is 7.90. The molecule has 2 atom stereocenters. The number of aromatic nitrogens is 2. The largest absolute Gasteiger partial charge is 0.393 e. The van der Waals surface area contributed by atoms with E-state index in [2.05, 4.69) is 10.3 Å². The van der Waals surface area contributed by atoms with Crippen LogP contribution in [0.5, 0.6) is 0 Å². The van der Waals surface area contributed by atoms with E-state index in [-0.39, 0.29) is 21.9 Å². The molecule has 0 aliphatic rings. The van der Waals surface area contributed by atoms with E-state index in [1.807, 2.05) is 27.7 Å². The van der Waals surface area contributed by atoms with Gasteiger partial charge < -0.3 is 19.3 Å². The molecule has 2 aromatic rings. The van der Waals surface area contributed by atoms with Crippen LogP contribution in [0.3, 0.4) is 0 Å². The SMILES string of the molecule is CC(C)(CCC(O)CCCC(O)CCC(C)(C)c1cc(=O)[nH]o1)c1cc(=O)[nH]o1. The molecule has 2 heterocycles. The number of aromatic amines is 2. The van der Waals surface area contributed by atoms with Gasteiger partial charge >= 0.3 is 0 Å². The second-order valence-electron chi connectivity index (χ2n) is 9.24. The molecule has 0 spiro atoms. The summed E-state index contributed by atoms with van der Waals surface area (Å²) in [7, 11) is 0. The topological polar surface area (TPSA) is 132 Å². The Balaban J connectivity index is 1.67. The van der Waals surface area contributed by atoms with Crippen LogP contribution in [0.2, 0.25) is 0 Å². The highest BCUT2D eigenvalue weighted by molar-refractivity contribution is 5.09. The first-order valence-electron chi connectivity index (χ1n) is 10.2. The van der Waals surface area contributed by atoms with Gasteiger partial charge in [0.05, 0.1) is 12.2 Å². The molecule has 8 heteroatoms. The van der Waals surface area contributed by atoms with Gasteiger partial charge in [0.2, 0.25) is 0 Å². The van der Waals surface area contributed by atoms with E-state index >= 15 is 0 Å². The van der Waals surface area contributed by atoms with Gasteiger partial charge in [0.25, 0.3) is 11.1 Å². The van der Waals surface area contributed by atoms with Crippen LogP contribution in [0, 0.1) is 0 Å². The van der Waals surface area contributed by atoms with Gasteiger partial charge in [-0.1, -0.05) is 27.7 Å². The standard InChI is InChI=1S/C21H34N2O6/c1-20(2,16-12-18(26)22-28-16)10-8-14(24)6-5-7-15(25)9-11-21(3,4)17-13-19(27)23-29-17/h12-15,24-25H,5-11H2,1-4H3,(H,22,26)(H,23,27). The van der Waals surface area contributed by atoms with E-state index in [4.69, 9.17) is 9.05 Å². The zero-order valence-electron chi connectivity index (χ0n) is 17.8. The number of rotatable bonds is 12. The molecule has 2 aromatic heterocycles. The Hall–Kier alpha value is -2.06. The predicted octanol–water partition coefficient (Wildman–Crippen LogP) is 2.96. The Kier molecular flexibility index (Phi) is 7.71. The molecule has 164 valence electrons. The van der Waals surface area contributed by atoms with Crippen LogP contribution < -0.4 is 11.1 Å². The second-order valence-corrected chi connectivity index (χ2v) is 9.24. The van der Waals surface area contributed by atoms with E-state index in [1.165, 1.54) is 12.1 Å². The van der Waals surface area contributed by atoms with Crippen molar-refractivity contribution in [2.24, 2.45) is 0 Å². The third-order valence-corrected chi connectivity index (χ3v) is 5.66. The van der Waals surface area contributed by atoms with Gasteiger partial charge in [-0.25, -0.2) is 0 Å². The third-order valence-electron chi connectivity index (χ3n) is 5.66. The van der Waals surface area contributed by atoms with Crippen molar-refractivity contribution in [2.45, 2.75) is 95.7 Å². The third kappa shape index (κ3) is 7.04. The monoisotopic (exact) mass is 410 g/mol. The van der Waals surface area contributed by atoms with Gasteiger partial charge in [-0.05, 0) is 44.9 Å². The number of aliphatic hydroxyl groups is 2. The minimum Gasteiger partial charge on any atom is -0.393 e. The van der Waals surface area contributed by atoms with Crippen molar-refractivity contribution in [3.05, 3.63) is 44.4 Å². The minimum atomic E-state index is -0.460. The van der Waals surface area contributed by atoms with E-state index < -0.39 is 12.2 Å². The number of hydrogen-bond acceptors (Lipinski definition) is 6. The molecular weight excluding hydrogens is 376 g/mol. The first kappa shape index (κ1) is 23.2. The summed E-state index contributed by atoms with van der Waals surface area (Å²) in [5.74, 6) is 1.18. The summed E-state index contributed by atoms with van der Waals surface area (Å²) in [6, 6.07) is 2.89. The van der Waals surface area contributed by atoms with Crippen LogP contribution in [-0.2, 0) is 10.8 Å². The molecule has 0 radical (unpaired) electrons. The number of nitrogens with one attached hydrogen (secondary N) is 2. The molecule has 0 fully saturated rings. The first-order valence-corrected chi connectivity index (χ1v) is 10.2. The Morgan fingerprint density at radius 3 is 1.48 bits per heavy atom. The molecule has 0 saturated heterocycles. The average Bonchev–Trinajstić information content (AvgIpc) is 3.28. The molecule has 2 unspecified atom stereocenters. The fraction of sp³-hybridized carbons (Fsp3) is 0.714. The minimum absolute atomic E-state index is 0.260. The summed E-state index contributed by atoms with van der Waals surface area (Å²) < 4.78 is 10.4. The lowest BCUT2D eigenvalue weighted by molar-refractivity contribution is 0.112. The van der Waals surface area contributed by atoms with Gasteiger partial charge in [0.15, 0.2) is 0 Å². The summed E-state index contributed by atoms with van der Waals surface area (Å²) in [5, 5.41) is 25.1. The van der Waals surface area contributed by atoms with Gasteiger partial charge in [0.1, 0.15) is 11.5 Å². The molecule has 0 amide bonds. The van der Waals surface area contributed by atoms with E-state index in [0.29, 0.717) is 50.0 Å². The molecule has 8 nitrogen and oxygen atoms in total. The van der Waals surface area contributed by atoms with Crippen LogP contribution in [0.25, 0.3) is 0 Å². The Morgan fingerprint density at radius 2 is 1.17 bits per heavy atom. The molecule has 0 bridgehead atoms. The molecule has 0 aromatic carbocycles. The van der Waals surface area contributed by atoms with Crippen LogP contribution in [-0.4, -0.2) is 32.7 Å². The maximum Gasteiger partial charge on any atom is 0.280 e. The summed E-state index contributed by atoms with van der Waals surface area (Å²) in [5.41, 5.74) is -1.19. The van der Waals surface area contributed by atoms with Crippen LogP contribution in [0.15, 0.2) is 30.8 Å². The van der Waals surface area contributed by atoms with Crippen molar-refractivity contribution >= 4 is 0 Å². The molecule has 2 rings (SSSR count). The van der Waals surface area contributed by atoms with Gasteiger partial charge in [-0.2, -0.15) is 10.3 Å². The van der Waals surface area contributed by atoms with Gasteiger partial charge in [0, 0.05) is 23.0 Å². The Morgan fingerprint density at radius 1 is 0.793 bits per heavy atom. The van der Waals surface area contributed by atoms with E-state index in [9.17, 15) is 19.8 Å². The summed E-state index contributed by atoms with van der Waals surface area (Å²) in [4.78, 5) is 22.5. The lowest BCUT2D eigenvalue weighted by atomic mass is 9.83. The molecule has 0 aliphatic carbocycles. The molecule has 29 heavy (non-hydrogen) atoms. The van der Waals surface area contributed by atoms with Crippen LogP contribution >= 0.6 is 0 Å². The molecular formula is C21H34N2O6. The number of hydrogen-bond donors (Lipinski definition) is 4. The van der Waals surface area contributed by atoms with Gasteiger partial charge in [-0.15, -0.1) is 0 Å². The van der Waals surface area contributed by atoms with Crippen molar-refractivity contribution in [2.75, 3.05) is 0 Å².